The molecule has 84 valence electrons. The van der Waals surface area contributed by atoms with Crippen LogP contribution in [0.15, 0.2) is 12.3 Å². The summed E-state index contributed by atoms with van der Waals surface area (Å²) in [6, 6.07) is 1.08. The van der Waals surface area contributed by atoms with E-state index in [9.17, 15) is 13.2 Å². The molecule has 0 amide bonds. The van der Waals surface area contributed by atoms with Crippen molar-refractivity contribution in [3.63, 3.8) is 0 Å². The van der Waals surface area contributed by atoms with Gasteiger partial charge in [0.25, 0.3) is 0 Å². The second-order valence-electron chi connectivity index (χ2n) is 3.03. The van der Waals surface area contributed by atoms with Gasteiger partial charge in [-0.1, -0.05) is 0 Å². The summed E-state index contributed by atoms with van der Waals surface area (Å²) in [5, 5.41) is 0. The second-order valence-corrected chi connectivity index (χ2v) is 3.03. The first-order valence-electron chi connectivity index (χ1n) is 3.98. The maximum atomic E-state index is 11.8. The molecule has 0 unspecified atom stereocenters. The molecule has 1 heterocycles. The zero-order valence-corrected chi connectivity index (χ0v) is 8.17. The van der Waals surface area contributed by atoms with Crippen LogP contribution >= 0.6 is 0 Å². The quantitative estimate of drug-likeness (QED) is 0.824. The number of rotatable bonds is 2. The molecule has 7 heteroatoms. The minimum atomic E-state index is -4.73. The van der Waals surface area contributed by atoms with Crippen molar-refractivity contribution in [3.05, 3.63) is 12.3 Å². The van der Waals surface area contributed by atoms with E-state index in [0.29, 0.717) is 5.82 Å². The highest BCUT2D eigenvalue weighted by molar-refractivity contribution is 5.63. The zero-order valence-electron chi connectivity index (χ0n) is 8.17. The molecule has 0 aliphatic rings. The number of nitrogens with two attached hydrogens (primary N) is 1. The van der Waals surface area contributed by atoms with Gasteiger partial charge in [-0.05, 0) is 0 Å². The van der Waals surface area contributed by atoms with Crippen LogP contribution in [0.1, 0.15) is 0 Å². The number of alkyl halides is 3. The molecular weight excluding hydrogens is 211 g/mol. The highest BCUT2D eigenvalue weighted by atomic mass is 19.4. The van der Waals surface area contributed by atoms with Crippen LogP contribution in [0.5, 0.6) is 5.75 Å². The van der Waals surface area contributed by atoms with Crippen molar-refractivity contribution in [2.24, 2.45) is 0 Å². The summed E-state index contributed by atoms with van der Waals surface area (Å²) < 4.78 is 39.1. The molecule has 0 aliphatic carbocycles. The number of aromatic nitrogens is 1. The van der Waals surface area contributed by atoms with Gasteiger partial charge in [0.1, 0.15) is 5.75 Å². The monoisotopic (exact) mass is 221 g/mol. The van der Waals surface area contributed by atoms with E-state index in [-0.39, 0.29) is 5.69 Å². The van der Waals surface area contributed by atoms with Gasteiger partial charge in [-0.2, -0.15) is 0 Å². The lowest BCUT2D eigenvalue weighted by Crippen LogP contribution is -2.18. The summed E-state index contributed by atoms with van der Waals surface area (Å²) in [6.07, 6.45) is -3.76. The number of nitrogen functional groups attached to an aromatic ring is 1. The molecule has 1 rings (SSSR count). The lowest BCUT2D eigenvalue weighted by atomic mass is 10.3. The van der Waals surface area contributed by atoms with Crippen molar-refractivity contribution in [3.8, 4) is 5.75 Å². The van der Waals surface area contributed by atoms with E-state index in [4.69, 9.17) is 5.73 Å². The average molecular weight is 221 g/mol. The van der Waals surface area contributed by atoms with Crippen molar-refractivity contribution in [1.29, 1.82) is 0 Å². The lowest BCUT2D eigenvalue weighted by Gasteiger charge is -2.15. The number of nitrogens with zero attached hydrogens (tertiary/aromatic N) is 2. The molecule has 2 N–H and O–H groups in total. The Bertz CT molecular complexity index is 351. The summed E-state index contributed by atoms with van der Waals surface area (Å²) in [6.45, 7) is 0. The molecule has 0 radical (unpaired) electrons. The van der Waals surface area contributed by atoms with Crippen molar-refractivity contribution in [1.82, 2.24) is 4.98 Å². The van der Waals surface area contributed by atoms with Crippen molar-refractivity contribution < 1.29 is 17.9 Å². The molecule has 0 saturated carbocycles. The summed E-state index contributed by atoms with van der Waals surface area (Å²) in [5.41, 5.74) is 5.62. The van der Waals surface area contributed by atoms with Crippen molar-refractivity contribution in [2.45, 2.75) is 6.36 Å². The van der Waals surface area contributed by atoms with Gasteiger partial charge in [-0.3, -0.25) is 0 Å². The minimum Gasteiger partial charge on any atom is -0.404 e. The van der Waals surface area contributed by atoms with E-state index in [1.165, 1.54) is 0 Å². The van der Waals surface area contributed by atoms with Crippen molar-refractivity contribution >= 4 is 11.5 Å². The first-order chi connectivity index (χ1) is 6.79. The topological polar surface area (TPSA) is 51.4 Å². The maximum absolute atomic E-state index is 11.8. The fourth-order valence-corrected chi connectivity index (χ4v) is 1.02. The number of halogens is 3. The third kappa shape index (κ3) is 3.19. The normalized spacial score (nSPS) is 11.3. The van der Waals surface area contributed by atoms with E-state index in [2.05, 4.69) is 9.72 Å². The molecule has 0 fully saturated rings. The molecule has 4 nitrogen and oxygen atoms in total. The van der Waals surface area contributed by atoms with Gasteiger partial charge >= 0.3 is 6.36 Å². The smallest absolute Gasteiger partial charge is 0.404 e. The Labute approximate surface area is 84.5 Å². The van der Waals surface area contributed by atoms with Crippen LogP contribution in [-0.4, -0.2) is 25.4 Å². The van der Waals surface area contributed by atoms with Crippen LogP contribution in [-0.2, 0) is 0 Å². The summed E-state index contributed by atoms with van der Waals surface area (Å²) in [4.78, 5) is 5.33. The van der Waals surface area contributed by atoms with Gasteiger partial charge in [0, 0.05) is 20.2 Å². The predicted molar refractivity (Wildman–Crippen MR) is 49.7 cm³/mol. The van der Waals surface area contributed by atoms with Crippen LogP contribution < -0.4 is 15.4 Å². The fraction of sp³-hybridized carbons (Fsp3) is 0.375. The Balaban J connectivity index is 2.92. The highest BCUT2D eigenvalue weighted by Gasteiger charge is 2.31. The Morgan fingerprint density at radius 2 is 2.00 bits per heavy atom. The van der Waals surface area contributed by atoms with Crippen LogP contribution in [0.2, 0.25) is 0 Å². The van der Waals surface area contributed by atoms with Gasteiger partial charge in [0.2, 0.25) is 0 Å². The number of hydrogen-bond acceptors (Lipinski definition) is 4. The molecule has 1 aromatic rings. The van der Waals surface area contributed by atoms with Gasteiger partial charge in [-0.15, -0.1) is 13.2 Å². The summed E-state index contributed by atoms with van der Waals surface area (Å²) >= 11 is 0. The summed E-state index contributed by atoms with van der Waals surface area (Å²) in [5.74, 6) is -0.0323. The zero-order chi connectivity index (χ0) is 11.6. The van der Waals surface area contributed by atoms with Crippen LogP contribution in [0, 0.1) is 0 Å². The second kappa shape index (κ2) is 3.84. The first kappa shape index (κ1) is 11.4. The molecule has 1 aromatic heterocycles. The SMILES string of the molecule is CN(C)c1ncc(OC(F)(F)F)cc1N. The molecule has 0 bridgehead atoms. The van der Waals surface area contributed by atoms with Gasteiger partial charge in [0.15, 0.2) is 5.82 Å². The molecule has 0 aromatic carbocycles. The number of hydrogen-bond donors (Lipinski definition) is 1. The van der Waals surface area contributed by atoms with Crippen molar-refractivity contribution in [2.75, 3.05) is 24.7 Å². The number of ether oxygens (including phenoxy) is 1. The molecule has 15 heavy (non-hydrogen) atoms. The largest absolute Gasteiger partial charge is 0.573 e. The molecule has 0 spiro atoms. The van der Waals surface area contributed by atoms with Crippen LogP contribution in [0.3, 0.4) is 0 Å². The fourth-order valence-electron chi connectivity index (χ4n) is 1.02. The Kier molecular flexibility index (Phi) is 2.92. The lowest BCUT2D eigenvalue weighted by molar-refractivity contribution is -0.274. The molecule has 0 aliphatic heterocycles. The average Bonchev–Trinajstić information content (AvgIpc) is 1.99. The highest BCUT2D eigenvalue weighted by Crippen LogP contribution is 2.27. The van der Waals surface area contributed by atoms with Crippen LogP contribution in [0.4, 0.5) is 24.7 Å². The first-order valence-corrected chi connectivity index (χ1v) is 3.98. The van der Waals surface area contributed by atoms with E-state index in [1.54, 1.807) is 19.0 Å². The van der Waals surface area contributed by atoms with Gasteiger partial charge < -0.3 is 15.4 Å². The number of pyridine rings is 1. The van der Waals surface area contributed by atoms with E-state index >= 15 is 0 Å². The summed E-state index contributed by atoms with van der Waals surface area (Å²) in [7, 11) is 3.37. The van der Waals surface area contributed by atoms with E-state index < -0.39 is 12.1 Å². The van der Waals surface area contributed by atoms with Gasteiger partial charge in [0.05, 0.1) is 11.9 Å². The third-order valence-corrected chi connectivity index (χ3v) is 1.53. The number of anilines is 2. The van der Waals surface area contributed by atoms with Crippen LogP contribution in [0.25, 0.3) is 0 Å². The Hall–Kier alpha value is -1.66. The predicted octanol–water partition coefficient (Wildman–Crippen LogP) is 1.63. The standard InChI is InChI=1S/C8H10F3N3O/c1-14(2)7-6(12)3-5(4-13-7)15-8(9,10)11/h3-4H,12H2,1-2H3. The molecular formula is C8H10F3N3O. The van der Waals surface area contributed by atoms with E-state index in [1.807, 2.05) is 0 Å². The van der Waals surface area contributed by atoms with Gasteiger partial charge in [-0.25, -0.2) is 4.98 Å². The Morgan fingerprint density at radius 3 is 2.40 bits per heavy atom. The maximum Gasteiger partial charge on any atom is 0.573 e. The Morgan fingerprint density at radius 1 is 1.40 bits per heavy atom. The minimum absolute atomic E-state index is 0.127. The molecule has 0 saturated heterocycles. The third-order valence-electron chi connectivity index (χ3n) is 1.53. The molecule has 0 atom stereocenters. The van der Waals surface area contributed by atoms with E-state index in [0.717, 1.165) is 12.3 Å².